The molecule has 0 rings (SSSR count). The highest BCUT2D eigenvalue weighted by Gasteiger charge is 1.80. The molecule has 2 nitrogen and oxygen atoms in total. The quantitative estimate of drug-likeness (QED) is 0.449. The first-order valence-corrected chi connectivity index (χ1v) is 4.09. The molecule has 0 saturated heterocycles. The number of nitrogens with one attached hydrogen (secondary N) is 1. The van der Waals surface area contributed by atoms with Crippen LogP contribution in [0, 0.1) is 5.41 Å². The van der Waals surface area contributed by atoms with Gasteiger partial charge < -0.3 is 5.41 Å². The minimum absolute atomic E-state index is 1.05. The van der Waals surface area contributed by atoms with Gasteiger partial charge >= 0.3 is 0 Å². The molecular weight excluding hydrogens is 136 g/mol. The summed E-state index contributed by atoms with van der Waals surface area (Å²) in [5, 5.41) is 6.66. The molecular formula is C9H16N2. The fourth-order valence-electron chi connectivity index (χ4n) is 0.714. The predicted octanol–water partition coefficient (Wildman–Crippen LogP) is 2.80. The molecule has 1 N–H and O–H groups in total. The fraction of sp³-hybridized carbons (Fsp3) is 0.556. The first-order valence-electron chi connectivity index (χ1n) is 4.09. The first kappa shape index (κ1) is 10.1. The van der Waals surface area contributed by atoms with E-state index in [0.29, 0.717) is 0 Å². The maximum atomic E-state index is 6.66. The van der Waals surface area contributed by atoms with Crippen molar-refractivity contribution in [3.8, 4) is 0 Å². The van der Waals surface area contributed by atoms with Crippen molar-refractivity contribution < 1.29 is 0 Å². The van der Waals surface area contributed by atoms with Crippen LogP contribution in [-0.2, 0) is 0 Å². The summed E-state index contributed by atoms with van der Waals surface area (Å²) in [6.45, 7) is 2.19. The Labute approximate surface area is 68.5 Å². The van der Waals surface area contributed by atoms with E-state index in [0.717, 1.165) is 6.42 Å². The summed E-state index contributed by atoms with van der Waals surface area (Å²) in [6.07, 6.45) is 11.2. The number of rotatable bonds is 6. The van der Waals surface area contributed by atoms with E-state index < -0.39 is 0 Å². The molecule has 0 aromatic rings. The minimum atomic E-state index is 1.05. The molecule has 0 radical (unpaired) electrons. The lowest BCUT2D eigenvalue weighted by atomic mass is 10.2. The molecule has 0 atom stereocenters. The Morgan fingerprint density at radius 1 is 1.36 bits per heavy atom. The Morgan fingerprint density at radius 2 is 2.18 bits per heavy atom. The number of hydrogen-bond acceptors (Lipinski definition) is 2. The van der Waals surface area contributed by atoms with Crippen LogP contribution in [0.5, 0.6) is 0 Å². The first-order chi connectivity index (χ1) is 5.41. The van der Waals surface area contributed by atoms with Crippen LogP contribution < -0.4 is 0 Å². The van der Waals surface area contributed by atoms with Crippen LogP contribution in [-0.4, -0.2) is 12.4 Å². The third kappa shape index (κ3) is 9.08. The zero-order valence-corrected chi connectivity index (χ0v) is 7.09. The summed E-state index contributed by atoms with van der Waals surface area (Å²) < 4.78 is 0. The van der Waals surface area contributed by atoms with Gasteiger partial charge in [0.05, 0.1) is 0 Å². The molecule has 0 amide bonds. The van der Waals surface area contributed by atoms with E-state index in [2.05, 4.69) is 11.9 Å². The highest BCUT2D eigenvalue weighted by molar-refractivity contribution is 5.68. The lowest BCUT2D eigenvalue weighted by Gasteiger charge is -1.88. The predicted molar refractivity (Wildman–Crippen MR) is 50.6 cm³/mol. The molecule has 62 valence electrons. The molecule has 0 bridgehead atoms. The van der Waals surface area contributed by atoms with Crippen molar-refractivity contribution in [1.82, 2.24) is 0 Å². The third-order valence-corrected chi connectivity index (χ3v) is 1.31. The number of hydrogen-bond donors (Lipinski definition) is 1. The minimum Gasteiger partial charge on any atom is -0.309 e. The Hall–Kier alpha value is -0.920. The van der Waals surface area contributed by atoms with E-state index in [-0.39, 0.29) is 0 Å². The Kier molecular flexibility index (Phi) is 8.32. The highest BCUT2D eigenvalue weighted by Crippen LogP contribution is 1.95. The van der Waals surface area contributed by atoms with E-state index in [1.165, 1.54) is 25.5 Å². The molecule has 0 spiro atoms. The van der Waals surface area contributed by atoms with Gasteiger partial charge in [-0.15, -0.1) is 0 Å². The Bertz CT molecular complexity index is 136. The van der Waals surface area contributed by atoms with E-state index >= 15 is 0 Å². The Morgan fingerprint density at radius 3 is 2.82 bits per heavy atom. The Balaban J connectivity index is 3.15. The van der Waals surface area contributed by atoms with Gasteiger partial charge in [-0.3, -0.25) is 4.99 Å². The standard InChI is InChI=1S/C9H16N2/c1-2-3-4-5-8-11-9-6-7-10/h6-10H,2-5H2,1H3. The number of unbranched alkanes of at least 4 members (excludes halogenated alkanes) is 3. The molecule has 0 aliphatic rings. The van der Waals surface area contributed by atoms with E-state index in [4.69, 9.17) is 5.41 Å². The van der Waals surface area contributed by atoms with E-state index in [1.54, 1.807) is 12.3 Å². The summed E-state index contributed by atoms with van der Waals surface area (Å²) in [5.74, 6) is 0. The number of nitrogens with zero attached hydrogens (tertiary/aromatic N) is 1. The van der Waals surface area contributed by atoms with Crippen LogP contribution in [0.25, 0.3) is 0 Å². The SMILES string of the molecule is CCCCCC=NC=CC=N. The molecule has 0 heterocycles. The van der Waals surface area contributed by atoms with Crippen LogP contribution in [0.4, 0.5) is 0 Å². The van der Waals surface area contributed by atoms with Crippen molar-refractivity contribution in [1.29, 1.82) is 5.41 Å². The summed E-state index contributed by atoms with van der Waals surface area (Å²) in [7, 11) is 0. The second-order valence-electron chi connectivity index (χ2n) is 2.34. The van der Waals surface area contributed by atoms with Crippen LogP contribution in [0.15, 0.2) is 17.3 Å². The summed E-state index contributed by atoms with van der Waals surface area (Å²) in [6, 6.07) is 0. The largest absolute Gasteiger partial charge is 0.309 e. The second kappa shape index (κ2) is 9.08. The van der Waals surface area contributed by atoms with Crippen LogP contribution in [0.3, 0.4) is 0 Å². The summed E-state index contributed by atoms with van der Waals surface area (Å²) in [4.78, 5) is 3.98. The van der Waals surface area contributed by atoms with Gasteiger partial charge in [-0.1, -0.05) is 19.8 Å². The van der Waals surface area contributed by atoms with Crippen molar-refractivity contribution in [3.63, 3.8) is 0 Å². The molecule has 0 aromatic heterocycles. The maximum Gasteiger partial charge on any atom is 0.0278 e. The molecule has 0 saturated carbocycles. The molecule has 0 aromatic carbocycles. The van der Waals surface area contributed by atoms with E-state index in [9.17, 15) is 0 Å². The monoisotopic (exact) mass is 152 g/mol. The smallest absolute Gasteiger partial charge is 0.0278 e. The van der Waals surface area contributed by atoms with Gasteiger partial charge in [-0.25, -0.2) is 0 Å². The molecule has 11 heavy (non-hydrogen) atoms. The highest BCUT2D eigenvalue weighted by atomic mass is 14.7. The van der Waals surface area contributed by atoms with Gasteiger partial charge in [0.25, 0.3) is 0 Å². The normalized spacial score (nSPS) is 11.4. The maximum absolute atomic E-state index is 6.66. The lowest BCUT2D eigenvalue weighted by Crippen LogP contribution is -1.75. The number of aliphatic imine (C=N–C) groups is 1. The lowest BCUT2D eigenvalue weighted by molar-refractivity contribution is 0.746. The van der Waals surface area contributed by atoms with Crippen LogP contribution in [0.2, 0.25) is 0 Å². The topological polar surface area (TPSA) is 36.2 Å². The molecule has 0 aliphatic carbocycles. The average molecular weight is 152 g/mol. The zero-order valence-electron chi connectivity index (χ0n) is 7.09. The number of allylic oxidation sites excluding steroid dienone is 1. The van der Waals surface area contributed by atoms with Crippen molar-refractivity contribution in [2.75, 3.05) is 0 Å². The summed E-state index contributed by atoms with van der Waals surface area (Å²) >= 11 is 0. The van der Waals surface area contributed by atoms with Gasteiger partial charge in [0.2, 0.25) is 0 Å². The molecule has 0 unspecified atom stereocenters. The second-order valence-corrected chi connectivity index (χ2v) is 2.34. The third-order valence-electron chi connectivity index (χ3n) is 1.31. The summed E-state index contributed by atoms with van der Waals surface area (Å²) in [5.41, 5.74) is 0. The van der Waals surface area contributed by atoms with Crippen molar-refractivity contribution in [3.05, 3.63) is 12.3 Å². The van der Waals surface area contributed by atoms with Gasteiger partial charge in [0, 0.05) is 18.6 Å². The molecule has 0 fully saturated rings. The molecule has 2 heteroatoms. The van der Waals surface area contributed by atoms with Crippen molar-refractivity contribution in [2.24, 2.45) is 4.99 Å². The van der Waals surface area contributed by atoms with Crippen LogP contribution in [0.1, 0.15) is 32.6 Å². The zero-order chi connectivity index (χ0) is 8.36. The van der Waals surface area contributed by atoms with Gasteiger partial charge in [-0.2, -0.15) is 0 Å². The van der Waals surface area contributed by atoms with Gasteiger partial charge in [0.15, 0.2) is 0 Å². The van der Waals surface area contributed by atoms with Gasteiger partial charge in [-0.05, 0) is 18.9 Å². The van der Waals surface area contributed by atoms with Crippen molar-refractivity contribution >= 4 is 12.4 Å². The average Bonchev–Trinajstić information content (AvgIpc) is 2.03. The van der Waals surface area contributed by atoms with Crippen LogP contribution >= 0.6 is 0 Å². The van der Waals surface area contributed by atoms with E-state index in [1.807, 2.05) is 6.21 Å². The molecule has 0 aliphatic heterocycles. The van der Waals surface area contributed by atoms with Crippen molar-refractivity contribution in [2.45, 2.75) is 32.6 Å². The van der Waals surface area contributed by atoms with Gasteiger partial charge in [0.1, 0.15) is 0 Å². The fourth-order valence-corrected chi connectivity index (χ4v) is 0.714.